The summed E-state index contributed by atoms with van der Waals surface area (Å²) in [6.07, 6.45) is 0.138. The predicted octanol–water partition coefficient (Wildman–Crippen LogP) is 5.89. The number of benzene rings is 3. The Morgan fingerprint density at radius 2 is 1.53 bits per heavy atom. The summed E-state index contributed by atoms with van der Waals surface area (Å²) in [7, 11) is 3.83. The summed E-state index contributed by atoms with van der Waals surface area (Å²) in [4.78, 5) is 14.3. The summed E-state index contributed by atoms with van der Waals surface area (Å²) in [5.74, 6) is -0.396. The molecule has 0 aromatic heterocycles. The van der Waals surface area contributed by atoms with Gasteiger partial charge in [0.2, 0.25) is 5.91 Å². The number of nitrogens with zero attached hydrogens (tertiary/aromatic N) is 1. The highest BCUT2D eigenvalue weighted by Crippen LogP contribution is 2.32. The van der Waals surface area contributed by atoms with Crippen LogP contribution in [0.1, 0.15) is 22.3 Å². The van der Waals surface area contributed by atoms with E-state index in [0.29, 0.717) is 22.4 Å². The predicted molar refractivity (Wildman–Crippen MR) is 129 cm³/mol. The fourth-order valence-electron chi connectivity index (χ4n) is 3.32. The van der Waals surface area contributed by atoms with Crippen molar-refractivity contribution >= 4 is 22.9 Å². The minimum Gasteiger partial charge on any atom is -0.392 e. The van der Waals surface area contributed by atoms with Gasteiger partial charge in [-0.25, -0.2) is 0 Å². The van der Waals surface area contributed by atoms with Crippen LogP contribution in [-0.4, -0.2) is 25.1 Å². The number of para-hydroxylation sites is 1. The maximum Gasteiger partial charge on any atom is 0.416 e. The molecular weight excluding hydrogens is 441 g/mol. The van der Waals surface area contributed by atoms with E-state index in [-0.39, 0.29) is 6.61 Å². The number of allylic oxidation sites excluding steroid dienone is 2. The fourth-order valence-corrected chi connectivity index (χ4v) is 3.32. The average molecular weight is 467 g/mol. The number of carbonyl (C=O) groups excluding carboxylic acids is 1. The van der Waals surface area contributed by atoms with Crippen LogP contribution in [0.15, 0.2) is 91.0 Å². The topological polar surface area (TPSA) is 52.6 Å². The smallest absolute Gasteiger partial charge is 0.392 e. The van der Waals surface area contributed by atoms with Gasteiger partial charge in [0, 0.05) is 37.1 Å². The van der Waals surface area contributed by atoms with Gasteiger partial charge >= 0.3 is 6.18 Å². The lowest BCUT2D eigenvalue weighted by Gasteiger charge is -2.14. The van der Waals surface area contributed by atoms with E-state index in [0.717, 1.165) is 23.4 Å². The Hall–Kier alpha value is -3.84. The molecule has 7 heteroatoms. The third-order valence-electron chi connectivity index (χ3n) is 5.17. The summed E-state index contributed by atoms with van der Waals surface area (Å²) in [6, 6.07) is 19.4. The number of carbonyl (C=O) groups is 1. The molecule has 2 N–H and O–H groups in total. The number of anilines is 2. The zero-order valence-electron chi connectivity index (χ0n) is 18.8. The van der Waals surface area contributed by atoms with Crippen LogP contribution in [0.25, 0.3) is 5.57 Å². The van der Waals surface area contributed by atoms with Gasteiger partial charge in [-0.3, -0.25) is 4.79 Å². The first-order valence-electron chi connectivity index (χ1n) is 10.5. The number of nitrogens with one attached hydrogen (secondary N) is 1. The lowest BCUT2D eigenvalue weighted by Crippen LogP contribution is -2.09. The van der Waals surface area contributed by atoms with Gasteiger partial charge in [0.05, 0.1) is 12.2 Å². The largest absolute Gasteiger partial charge is 0.416 e. The second-order valence-electron chi connectivity index (χ2n) is 7.76. The van der Waals surface area contributed by atoms with Crippen LogP contribution in [0.3, 0.4) is 0 Å². The molecule has 0 atom stereocenters. The van der Waals surface area contributed by atoms with Crippen molar-refractivity contribution in [3.8, 4) is 0 Å². The van der Waals surface area contributed by atoms with Gasteiger partial charge < -0.3 is 15.3 Å². The van der Waals surface area contributed by atoms with Crippen molar-refractivity contribution in [3.63, 3.8) is 0 Å². The molecule has 3 aromatic rings. The van der Waals surface area contributed by atoms with Gasteiger partial charge in [-0.1, -0.05) is 54.6 Å². The number of halogens is 3. The standard InChI is InChI=1S/C27H25F3N2O2/c1-32(2)23-16-12-20(13-17-23)24(19-10-14-22(15-11-19)27(28,29)30)7-5-9-26(34)31-25-8-4-3-6-21(25)18-33/h3-17,33H,18H2,1-2H3,(H,31,34)/b9-5+,24-7-. The molecule has 1 amide bonds. The number of hydrogen-bond donors (Lipinski definition) is 2. The van der Waals surface area contributed by atoms with E-state index in [4.69, 9.17) is 0 Å². The molecule has 0 radical (unpaired) electrons. The summed E-state index contributed by atoms with van der Waals surface area (Å²) in [6.45, 7) is -0.207. The molecule has 4 nitrogen and oxygen atoms in total. The molecular formula is C27H25F3N2O2. The molecule has 0 saturated heterocycles. The van der Waals surface area contributed by atoms with E-state index in [1.165, 1.54) is 18.2 Å². The van der Waals surface area contributed by atoms with Crippen molar-refractivity contribution in [3.05, 3.63) is 113 Å². The molecule has 0 fully saturated rings. The Kier molecular flexibility index (Phi) is 7.91. The van der Waals surface area contributed by atoms with Gasteiger partial charge in [-0.15, -0.1) is 0 Å². The third-order valence-corrected chi connectivity index (χ3v) is 5.17. The maximum absolute atomic E-state index is 13.0. The van der Waals surface area contributed by atoms with Crippen LogP contribution in [-0.2, 0) is 17.6 Å². The van der Waals surface area contributed by atoms with E-state index < -0.39 is 17.6 Å². The van der Waals surface area contributed by atoms with Crippen LogP contribution >= 0.6 is 0 Å². The number of aliphatic hydroxyl groups is 1. The Morgan fingerprint density at radius 3 is 2.09 bits per heavy atom. The zero-order chi connectivity index (χ0) is 24.7. The minimum atomic E-state index is -4.42. The quantitative estimate of drug-likeness (QED) is 0.337. The van der Waals surface area contributed by atoms with E-state index in [1.54, 1.807) is 36.4 Å². The highest BCUT2D eigenvalue weighted by molar-refractivity contribution is 6.00. The molecule has 0 aliphatic rings. The first kappa shape index (κ1) is 24.8. The summed E-state index contributed by atoms with van der Waals surface area (Å²) < 4.78 is 39.0. The first-order chi connectivity index (χ1) is 16.2. The van der Waals surface area contributed by atoms with Gasteiger partial charge in [-0.05, 0) is 47.0 Å². The lowest BCUT2D eigenvalue weighted by atomic mass is 9.96. The van der Waals surface area contributed by atoms with E-state index in [9.17, 15) is 23.1 Å². The molecule has 176 valence electrons. The average Bonchev–Trinajstić information content (AvgIpc) is 2.82. The molecule has 0 heterocycles. The Morgan fingerprint density at radius 1 is 0.941 bits per heavy atom. The van der Waals surface area contributed by atoms with Crippen molar-refractivity contribution in [1.82, 2.24) is 0 Å². The van der Waals surface area contributed by atoms with Crippen molar-refractivity contribution in [1.29, 1.82) is 0 Å². The molecule has 34 heavy (non-hydrogen) atoms. The van der Waals surface area contributed by atoms with Gasteiger partial charge in [0.25, 0.3) is 0 Å². The number of hydrogen-bond acceptors (Lipinski definition) is 3. The SMILES string of the molecule is CN(C)c1ccc(/C(=C\C=C\C(=O)Nc2ccccc2CO)c2ccc(C(F)(F)F)cc2)cc1. The fraction of sp³-hybridized carbons (Fsp3) is 0.148. The van der Waals surface area contributed by atoms with Crippen LogP contribution in [0.4, 0.5) is 24.5 Å². The number of aliphatic hydroxyl groups excluding tert-OH is 1. The third kappa shape index (κ3) is 6.36. The Balaban J connectivity index is 1.90. The second-order valence-corrected chi connectivity index (χ2v) is 7.76. The summed E-state index contributed by atoms with van der Waals surface area (Å²) in [5.41, 5.74) is 3.39. The molecule has 0 bridgehead atoms. The normalized spacial score (nSPS) is 12.1. The van der Waals surface area contributed by atoms with Crippen molar-refractivity contribution in [2.75, 3.05) is 24.3 Å². The van der Waals surface area contributed by atoms with E-state index in [2.05, 4.69) is 5.32 Å². The highest BCUT2D eigenvalue weighted by atomic mass is 19.4. The number of alkyl halides is 3. The first-order valence-corrected chi connectivity index (χ1v) is 10.5. The summed E-state index contributed by atoms with van der Waals surface area (Å²) >= 11 is 0. The van der Waals surface area contributed by atoms with Crippen molar-refractivity contribution in [2.45, 2.75) is 12.8 Å². The van der Waals surface area contributed by atoms with E-state index >= 15 is 0 Å². The maximum atomic E-state index is 13.0. The van der Waals surface area contributed by atoms with Crippen molar-refractivity contribution in [2.24, 2.45) is 0 Å². The van der Waals surface area contributed by atoms with Gasteiger partial charge in [0.1, 0.15) is 0 Å². The Bertz CT molecular complexity index is 1180. The Labute approximate surface area is 196 Å². The molecule has 0 spiro atoms. The second kappa shape index (κ2) is 10.9. The number of rotatable bonds is 7. The van der Waals surface area contributed by atoms with Gasteiger partial charge in [-0.2, -0.15) is 13.2 Å². The molecule has 0 aliphatic carbocycles. The van der Waals surface area contributed by atoms with Crippen molar-refractivity contribution < 1.29 is 23.1 Å². The lowest BCUT2D eigenvalue weighted by molar-refractivity contribution is -0.137. The highest BCUT2D eigenvalue weighted by Gasteiger charge is 2.30. The molecule has 0 saturated carbocycles. The molecule has 0 unspecified atom stereocenters. The molecule has 0 aliphatic heterocycles. The van der Waals surface area contributed by atoms with Gasteiger partial charge in [0.15, 0.2) is 0 Å². The van der Waals surface area contributed by atoms with E-state index in [1.807, 2.05) is 43.3 Å². The van der Waals surface area contributed by atoms with Crippen LogP contribution in [0.5, 0.6) is 0 Å². The van der Waals surface area contributed by atoms with Crippen LogP contribution < -0.4 is 10.2 Å². The molecule has 3 rings (SSSR count). The minimum absolute atomic E-state index is 0.207. The molecule has 3 aromatic carbocycles. The summed E-state index contributed by atoms with van der Waals surface area (Å²) in [5, 5.41) is 12.1. The zero-order valence-corrected chi connectivity index (χ0v) is 18.8. The monoisotopic (exact) mass is 466 g/mol. The van der Waals surface area contributed by atoms with Crippen LogP contribution in [0.2, 0.25) is 0 Å². The van der Waals surface area contributed by atoms with Crippen LogP contribution in [0, 0.1) is 0 Å². The number of amides is 1.